The Bertz CT molecular complexity index is 478. The predicted molar refractivity (Wildman–Crippen MR) is 75.6 cm³/mol. The van der Waals surface area contributed by atoms with Crippen LogP contribution in [0.25, 0.3) is 0 Å². The van der Waals surface area contributed by atoms with Crippen LogP contribution in [0.2, 0.25) is 0 Å². The van der Waals surface area contributed by atoms with Gasteiger partial charge in [0.25, 0.3) is 0 Å². The number of benzene rings is 1. The van der Waals surface area contributed by atoms with Gasteiger partial charge in [0.05, 0.1) is 19.8 Å². The normalized spacial score (nSPS) is 20.6. The summed E-state index contributed by atoms with van der Waals surface area (Å²) in [4.78, 5) is 0. The molecule has 0 saturated carbocycles. The average molecular weight is 261 g/mol. The molecule has 0 radical (unpaired) electrons. The first-order valence-electron chi connectivity index (χ1n) is 7.09. The van der Waals surface area contributed by atoms with Crippen LogP contribution in [0.15, 0.2) is 18.2 Å². The van der Waals surface area contributed by atoms with Gasteiger partial charge in [-0.25, -0.2) is 0 Å². The molecule has 0 amide bonds. The van der Waals surface area contributed by atoms with Crippen LogP contribution in [-0.2, 0) is 16.6 Å². The van der Waals surface area contributed by atoms with Crippen molar-refractivity contribution >= 4 is 0 Å². The summed E-state index contributed by atoms with van der Waals surface area (Å²) in [6.07, 6.45) is 2.11. The maximum Gasteiger partial charge on any atom is 0.122 e. The van der Waals surface area contributed by atoms with Crippen molar-refractivity contribution in [1.29, 1.82) is 0 Å². The quantitative estimate of drug-likeness (QED) is 0.904. The van der Waals surface area contributed by atoms with Crippen LogP contribution in [0.4, 0.5) is 0 Å². The van der Waals surface area contributed by atoms with Crippen LogP contribution in [0.3, 0.4) is 0 Å². The molecule has 0 atom stereocenters. The van der Waals surface area contributed by atoms with E-state index < -0.39 is 0 Å². The molecule has 2 heterocycles. The number of ether oxygens (including phenoxy) is 2. The molecule has 1 aromatic rings. The van der Waals surface area contributed by atoms with E-state index in [0.717, 1.165) is 38.4 Å². The molecule has 19 heavy (non-hydrogen) atoms. The molecule has 3 heteroatoms. The summed E-state index contributed by atoms with van der Waals surface area (Å²) in [5.41, 5.74) is 8.94. The third kappa shape index (κ3) is 2.26. The molecule has 1 saturated heterocycles. The second kappa shape index (κ2) is 4.50. The third-order valence-electron chi connectivity index (χ3n) is 4.43. The summed E-state index contributed by atoms with van der Waals surface area (Å²) in [6, 6.07) is 6.64. The molecule has 104 valence electrons. The van der Waals surface area contributed by atoms with Crippen molar-refractivity contribution in [2.24, 2.45) is 11.1 Å². The topological polar surface area (TPSA) is 44.5 Å². The first-order valence-corrected chi connectivity index (χ1v) is 7.09. The molecular formula is C16H23NO2. The van der Waals surface area contributed by atoms with Crippen molar-refractivity contribution < 1.29 is 9.47 Å². The number of hydrogen-bond donors (Lipinski definition) is 1. The highest BCUT2D eigenvalue weighted by molar-refractivity contribution is 5.43. The zero-order valence-corrected chi connectivity index (χ0v) is 11.9. The molecule has 0 aromatic heterocycles. The first kappa shape index (κ1) is 12.9. The minimum atomic E-state index is 0.152. The zero-order chi connectivity index (χ0) is 13.5. The van der Waals surface area contributed by atoms with E-state index in [4.69, 9.17) is 15.2 Å². The molecule has 0 aliphatic carbocycles. The van der Waals surface area contributed by atoms with Crippen LogP contribution >= 0.6 is 0 Å². The highest BCUT2D eigenvalue weighted by Gasteiger charge is 2.44. The minimum Gasteiger partial charge on any atom is -0.493 e. The molecule has 2 N–H and O–H groups in total. The molecule has 0 spiro atoms. The van der Waals surface area contributed by atoms with E-state index in [1.54, 1.807) is 0 Å². The second-order valence-electron chi connectivity index (χ2n) is 6.74. The fourth-order valence-electron chi connectivity index (χ4n) is 3.22. The molecule has 0 bridgehead atoms. The third-order valence-corrected chi connectivity index (χ3v) is 4.43. The summed E-state index contributed by atoms with van der Waals surface area (Å²) in [5, 5.41) is 0. The van der Waals surface area contributed by atoms with Gasteiger partial charge in [-0.2, -0.15) is 0 Å². The van der Waals surface area contributed by atoms with E-state index in [0.29, 0.717) is 6.54 Å². The second-order valence-corrected chi connectivity index (χ2v) is 6.74. The van der Waals surface area contributed by atoms with Gasteiger partial charge in [-0.3, -0.25) is 0 Å². The summed E-state index contributed by atoms with van der Waals surface area (Å²) in [6.45, 7) is 7.64. The summed E-state index contributed by atoms with van der Waals surface area (Å²) in [7, 11) is 0. The average Bonchev–Trinajstić information content (AvgIpc) is 2.81. The zero-order valence-electron chi connectivity index (χ0n) is 11.9. The van der Waals surface area contributed by atoms with E-state index in [1.807, 2.05) is 0 Å². The van der Waals surface area contributed by atoms with Crippen molar-refractivity contribution in [2.75, 3.05) is 26.4 Å². The van der Waals surface area contributed by atoms with Crippen LogP contribution in [0.5, 0.6) is 5.75 Å². The van der Waals surface area contributed by atoms with E-state index >= 15 is 0 Å². The molecule has 3 rings (SSSR count). The maximum atomic E-state index is 5.90. The fourth-order valence-corrected chi connectivity index (χ4v) is 3.22. The van der Waals surface area contributed by atoms with Gasteiger partial charge in [-0.05, 0) is 35.6 Å². The Morgan fingerprint density at radius 3 is 2.74 bits per heavy atom. The number of hydrogen-bond acceptors (Lipinski definition) is 3. The lowest BCUT2D eigenvalue weighted by molar-refractivity contribution is -0.0786. The Morgan fingerprint density at radius 2 is 2.11 bits per heavy atom. The van der Waals surface area contributed by atoms with E-state index in [-0.39, 0.29) is 10.8 Å². The van der Waals surface area contributed by atoms with E-state index in [1.165, 1.54) is 11.1 Å². The van der Waals surface area contributed by atoms with Gasteiger partial charge in [0.15, 0.2) is 0 Å². The Balaban J connectivity index is 1.90. The lowest BCUT2D eigenvalue weighted by Gasteiger charge is -2.46. The Hall–Kier alpha value is -1.06. The molecule has 1 aromatic carbocycles. The Labute approximate surface area is 115 Å². The van der Waals surface area contributed by atoms with Gasteiger partial charge < -0.3 is 15.2 Å². The van der Waals surface area contributed by atoms with Crippen molar-refractivity contribution in [2.45, 2.75) is 32.1 Å². The fraction of sp³-hybridized carbons (Fsp3) is 0.625. The standard InChI is InChI=1S/C16H23NO2/c1-15(2,9-17)8-16(10-18-11-16)13-3-4-14-12(7-13)5-6-19-14/h3-4,7H,5-6,8-11,17H2,1-2H3. The van der Waals surface area contributed by atoms with Gasteiger partial charge in [0.2, 0.25) is 0 Å². The van der Waals surface area contributed by atoms with Gasteiger partial charge in [-0.1, -0.05) is 26.0 Å². The first-order chi connectivity index (χ1) is 9.05. The van der Waals surface area contributed by atoms with Gasteiger partial charge in [0.1, 0.15) is 5.75 Å². The summed E-state index contributed by atoms with van der Waals surface area (Å²) >= 11 is 0. The molecule has 2 aliphatic heterocycles. The Kier molecular flexibility index (Phi) is 3.06. The molecule has 0 unspecified atom stereocenters. The Morgan fingerprint density at radius 1 is 1.32 bits per heavy atom. The van der Waals surface area contributed by atoms with Crippen LogP contribution in [0.1, 0.15) is 31.4 Å². The van der Waals surface area contributed by atoms with Crippen molar-refractivity contribution in [3.05, 3.63) is 29.3 Å². The van der Waals surface area contributed by atoms with Crippen molar-refractivity contribution in [3.63, 3.8) is 0 Å². The number of nitrogens with two attached hydrogens (primary N) is 1. The lowest BCUT2D eigenvalue weighted by Crippen LogP contribution is -2.50. The molecule has 1 fully saturated rings. The monoisotopic (exact) mass is 261 g/mol. The minimum absolute atomic E-state index is 0.152. The smallest absolute Gasteiger partial charge is 0.122 e. The van der Waals surface area contributed by atoms with Gasteiger partial charge >= 0.3 is 0 Å². The van der Waals surface area contributed by atoms with Crippen molar-refractivity contribution in [1.82, 2.24) is 0 Å². The largest absolute Gasteiger partial charge is 0.493 e. The molecule has 2 aliphatic rings. The number of rotatable bonds is 4. The maximum absolute atomic E-state index is 5.90. The van der Waals surface area contributed by atoms with Gasteiger partial charge in [0, 0.05) is 11.8 Å². The lowest BCUT2D eigenvalue weighted by atomic mass is 9.67. The SMILES string of the molecule is CC(C)(CN)CC1(c2ccc3c(c2)CCO3)COC1. The van der Waals surface area contributed by atoms with E-state index in [9.17, 15) is 0 Å². The van der Waals surface area contributed by atoms with Crippen LogP contribution < -0.4 is 10.5 Å². The van der Waals surface area contributed by atoms with Crippen LogP contribution in [0, 0.1) is 5.41 Å². The van der Waals surface area contributed by atoms with Gasteiger partial charge in [-0.15, -0.1) is 0 Å². The molecule has 3 nitrogen and oxygen atoms in total. The predicted octanol–water partition coefficient (Wildman–Crippen LogP) is 2.26. The number of fused-ring (bicyclic) bond motifs is 1. The highest BCUT2D eigenvalue weighted by Crippen LogP contribution is 2.43. The highest BCUT2D eigenvalue weighted by atomic mass is 16.5. The molecular weight excluding hydrogens is 238 g/mol. The summed E-state index contributed by atoms with van der Waals surface area (Å²) < 4.78 is 11.1. The van der Waals surface area contributed by atoms with Crippen LogP contribution in [-0.4, -0.2) is 26.4 Å². The summed E-state index contributed by atoms with van der Waals surface area (Å²) in [5.74, 6) is 1.05. The van der Waals surface area contributed by atoms with Crippen molar-refractivity contribution in [3.8, 4) is 5.75 Å². The van der Waals surface area contributed by atoms with E-state index in [2.05, 4.69) is 32.0 Å².